The molecule has 13 heteroatoms. The zero-order chi connectivity index (χ0) is 18.0. The van der Waals surface area contributed by atoms with E-state index in [2.05, 4.69) is 25.3 Å². The molecule has 3 aromatic rings. The van der Waals surface area contributed by atoms with Crippen molar-refractivity contribution >= 4 is 45.7 Å². The highest BCUT2D eigenvalue weighted by atomic mass is 32.2. The van der Waals surface area contributed by atoms with Crippen molar-refractivity contribution in [3.05, 3.63) is 36.4 Å². The fourth-order valence-electron chi connectivity index (χ4n) is 1.95. The molecule has 130 valence electrons. The van der Waals surface area contributed by atoms with Gasteiger partial charge in [-0.15, -0.1) is 0 Å². The minimum Gasteiger partial charge on any atom is -0.755 e. The molecule has 3 rings (SSSR count). The summed E-state index contributed by atoms with van der Waals surface area (Å²) in [6.07, 6.45) is 2.48. The van der Waals surface area contributed by atoms with Gasteiger partial charge >= 0.3 is 6.03 Å². The van der Waals surface area contributed by atoms with Gasteiger partial charge in [0.25, 0.3) is 0 Å². The number of nitrogens with one attached hydrogen (secondary N) is 4. The van der Waals surface area contributed by atoms with Crippen LogP contribution in [-0.2, 0) is 11.3 Å². The summed E-state index contributed by atoms with van der Waals surface area (Å²) in [6, 6.07) is 0.668. The molecular weight excluding hydrogens is 360 g/mol. The molecule has 0 aliphatic carbocycles. The number of hydrogen-bond donors (Lipinski definition) is 4. The van der Waals surface area contributed by atoms with E-state index in [0.717, 1.165) is 18.5 Å². The van der Waals surface area contributed by atoms with Gasteiger partial charge in [0.1, 0.15) is 23.3 Å². The van der Waals surface area contributed by atoms with Crippen LogP contribution in [0.1, 0.15) is 0 Å². The Labute approximate surface area is 140 Å². The molecule has 25 heavy (non-hydrogen) atoms. The van der Waals surface area contributed by atoms with Gasteiger partial charge in [0, 0.05) is 11.3 Å². The number of fused-ring (bicyclic) bond motifs is 1. The molecule has 2 aromatic heterocycles. The van der Waals surface area contributed by atoms with Crippen molar-refractivity contribution < 1.29 is 22.3 Å². The standard InChI is InChI=1S/C12H9F2N7O3S/c13-5-1-2-6(21-25(23)24)7(14)8(5)19-12(22)20-11-9-10(16-3-15-9)17-4-18-11/h1-4,21H,(H,23,24)(H3,15,16,17,18,19,20,22)/p-1. The van der Waals surface area contributed by atoms with Crippen molar-refractivity contribution in [1.82, 2.24) is 19.9 Å². The van der Waals surface area contributed by atoms with Crippen LogP contribution in [-0.4, -0.2) is 34.7 Å². The first-order chi connectivity index (χ1) is 12.0. The zero-order valence-electron chi connectivity index (χ0n) is 12.0. The monoisotopic (exact) mass is 368 g/mol. The molecular formula is C12H8F2N7O3S-. The molecule has 0 spiro atoms. The Balaban J connectivity index is 1.83. The summed E-state index contributed by atoms with van der Waals surface area (Å²) >= 11 is -2.82. The lowest BCUT2D eigenvalue weighted by atomic mass is 10.2. The number of H-pyrrole nitrogens is 1. The molecule has 1 unspecified atom stereocenters. The molecule has 0 aliphatic heterocycles. The molecule has 2 heterocycles. The van der Waals surface area contributed by atoms with Crippen molar-refractivity contribution in [2.24, 2.45) is 0 Å². The first-order valence-electron chi connectivity index (χ1n) is 6.51. The van der Waals surface area contributed by atoms with E-state index in [1.807, 2.05) is 5.32 Å². The molecule has 0 radical (unpaired) electrons. The van der Waals surface area contributed by atoms with Crippen molar-refractivity contribution in [2.75, 3.05) is 15.4 Å². The van der Waals surface area contributed by atoms with Gasteiger partial charge in [-0.05, 0) is 12.1 Å². The van der Waals surface area contributed by atoms with Crippen molar-refractivity contribution in [3.63, 3.8) is 0 Å². The molecule has 2 amide bonds. The summed E-state index contributed by atoms with van der Waals surface area (Å²) in [6.45, 7) is 0. The van der Waals surface area contributed by atoms with E-state index in [4.69, 9.17) is 0 Å². The lowest BCUT2D eigenvalue weighted by Crippen LogP contribution is -2.22. The fourth-order valence-corrected chi connectivity index (χ4v) is 2.29. The number of benzene rings is 1. The number of halogens is 2. The fraction of sp³-hybridized carbons (Fsp3) is 0. The van der Waals surface area contributed by atoms with E-state index >= 15 is 0 Å². The minimum absolute atomic E-state index is 0.0377. The smallest absolute Gasteiger partial charge is 0.325 e. The number of carbonyl (C=O) groups is 1. The molecule has 1 atom stereocenters. The van der Waals surface area contributed by atoms with E-state index in [9.17, 15) is 22.3 Å². The summed E-state index contributed by atoms with van der Waals surface area (Å²) in [4.78, 5) is 26.2. The van der Waals surface area contributed by atoms with Crippen molar-refractivity contribution in [1.29, 1.82) is 0 Å². The number of hydrogen-bond acceptors (Lipinski definition) is 6. The molecule has 4 N–H and O–H groups in total. The third-order valence-electron chi connectivity index (χ3n) is 2.98. The molecule has 0 aliphatic rings. The van der Waals surface area contributed by atoms with E-state index in [1.54, 1.807) is 4.72 Å². The van der Waals surface area contributed by atoms with Crippen molar-refractivity contribution in [2.45, 2.75) is 0 Å². The number of nitrogens with zero attached hydrogens (tertiary/aromatic N) is 3. The quantitative estimate of drug-likeness (QED) is 0.513. The highest BCUT2D eigenvalue weighted by Crippen LogP contribution is 2.26. The molecule has 10 nitrogen and oxygen atoms in total. The zero-order valence-corrected chi connectivity index (χ0v) is 12.9. The number of anilines is 3. The minimum atomic E-state index is -2.82. The highest BCUT2D eigenvalue weighted by molar-refractivity contribution is 7.80. The molecule has 1 aromatic carbocycles. The average Bonchev–Trinajstić information content (AvgIpc) is 3.03. The summed E-state index contributed by atoms with van der Waals surface area (Å²) in [5.41, 5.74) is -0.756. The largest absolute Gasteiger partial charge is 0.755 e. The van der Waals surface area contributed by atoms with Crippen LogP contribution >= 0.6 is 0 Å². The predicted octanol–water partition coefficient (Wildman–Crippen LogP) is 1.48. The third kappa shape index (κ3) is 3.51. The van der Waals surface area contributed by atoms with Gasteiger partial charge in [0.05, 0.1) is 12.0 Å². The van der Waals surface area contributed by atoms with Gasteiger partial charge in [0.15, 0.2) is 17.3 Å². The number of aromatic nitrogens is 4. The van der Waals surface area contributed by atoms with E-state index in [0.29, 0.717) is 5.52 Å². The number of urea groups is 1. The Bertz CT molecular complexity index is 980. The van der Waals surface area contributed by atoms with Gasteiger partial charge in [-0.1, -0.05) is 0 Å². The van der Waals surface area contributed by atoms with Crippen molar-refractivity contribution in [3.8, 4) is 0 Å². The second-order valence-electron chi connectivity index (χ2n) is 4.52. The van der Waals surface area contributed by atoms with Gasteiger partial charge in [0.2, 0.25) is 0 Å². The summed E-state index contributed by atoms with van der Waals surface area (Å²) in [7, 11) is 0. The Morgan fingerprint density at radius 1 is 1.20 bits per heavy atom. The number of imidazole rings is 1. The third-order valence-corrected chi connectivity index (χ3v) is 3.36. The van der Waals surface area contributed by atoms with E-state index in [1.165, 1.54) is 6.33 Å². The summed E-state index contributed by atoms with van der Waals surface area (Å²) in [5.74, 6) is -2.34. The lowest BCUT2D eigenvalue weighted by molar-refractivity contribution is 0.262. The van der Waals surface area contributed by atoms with Gasteiger partial charge in [-0.25, -0.2) is 28.5 Å². The van der Waals surface area contributed by atoms with E-state index < -0.39 is 40.3 Å². The maximum Gasteiger partial charge on any atom is 0.325 e. The molecule has 0 saturated carbocycles. The number of rotatable bonds is 4. The Morgan fingerprint density at radius 3 is 2.76 bits per heavy atom. The molecule has 0 bridgehead atoms. The van der Waals surface area contributed by atoms with Crippen LogP contribution < -0.4 is 15.4 Å². The topological polar surface area (TPSA) is 148 Å². The van der Waals surface area contributed by atoms with Crippen LogP contribution in [0, 0.1) is 11.6 Å². The van der Waals surface area contributed by atoms with Gasteiger partial charge in [-0.2, -0.15) is 0 Å². The van der Waals surface area contributed by atoms with E-state index in [-0.39, 0.29) is 11.5 Å². The normalized spacial score (nSPS) is 12.0. The first-order valence-corrected chi connectivity index (χ1v) is 7.59. The highest BCUT2D eigenvalue weighted by Gasteiger charge is 2.17. The van der Waals surface area contributed by atoms with Crippen LogP contribution in [0.2, 0.25) is 0 Å². The Morgan fingerprint density at radius 2 is 2.00 bits per heavy atom. The van der Waals surface area contributed by atoms with Crippen LogP contribution in [0.5, 0.6) is 0 Å². The summed E-state index contributed by atoms with van der Waals surface area (Å²) in [5, 5.41) is 4.25. The van der Waals surface area contributed by atoms with Crippen LogP contribution in [0.3, 0.4) is 0 Å². The second kappa shape index (κ2) is 6.74. The maximum absolute atomic E-state index is 14.1. The molecule has 0 fully saturated rings. The van der Waals surface area contributed by atoms with Crippen LogP contribution in [0.15, 0.2) is 24.8 Å². The SMILES string of the molecule is O=C(Nc1c(F)ccc(NS(=O)[O-])c1F)Nc1ncnc2nc[nH]c12. The van der Waals surface area contributed by atoms with Crippen LogP contribution in [0.4, 0.5) is 30.8 Å². The van der Waals surface area contributed by atoms with Crippen LogP contribution in [0.25, 0.3) is 11.2 Å². The second-order valence-corrected chi connectivity index (χ2v) is 5.20. The Kier molecular flexibility index (Phi) is 4.49. The molecule has 0 saturated heterocycles. The first kappa shape index (κ1) is 16.7. The predicted molar refractivity (Wildman–Crippen MR) is 83.2 cm³/mol. The summed E-state index contributed by atoms with van der Waals surface area (Å²) < 4.78 is 50.8. The lowest BCUT2D eigenvalue weighted by Gasteiger charge is -2.14. The van der Waals surface area contributed by atoms with Gasteiger partial charge in [-0.3, -0.25) is 9.53 Å². The average molecular weight is 368 g/mol. The number of carbonyl (C=O) groups excluding carboxylic acids is 1. The maximum atomic E-state index is 14.1. The number of aromatic amines is 1. The number of amides is 2. The Hall–Kier alpha value is -3.19. The van der Waals surface area contributed by atoms with Gasteiger partial charge < -0.3 is 19.6 Å².